The van der Waals surface area contributed by atoms with Crippen LogP contribution in [-0.4, -0.2) is 27.7 Å². The molecule has 0 spiro atoms. The zero-order valence-electron chi connectivity index (χ0n) is 9.37. The monoisotopic (exact) mass is 275 g/mol. The average molecular weight is 276 g/mol. The molecule has 1 fully saturated rings. The number of aromatic nitrogens is 2. The van der Waals surface area contributed by atoms with E-state index in [2.05, 4.69) is 15.3 Å². The third-order valence-electron chi connectivity index (χ3n) is 3.03. The Morgan fingerprint density at radius 1 is 1.41 bits per heavy atom. The molecule has 2 rings (SSSR count). The maximum Gasteiger partial charge on any atom is 0.224 e. The zero-order valence-corrected chi connectivity index (χ0v) is 10.9. The van der Waals surface area contributed by atoms with Crippen LogP contribution >= 0.6 is 23.2 Å². The van der Waals surface area contributed by atoms with Crippen LogP contribution < -0.4 is 5.32 Å². The highest BCUT2D eigenvalue weighted by atomic mass is 35.5. The zero-order chi connectivity index (χ0) is 12.3. The summed E-state index contributed by atoms with van der Waals surface area (Å²) in [4.78, 5) is 7.81. The molecule has 2 atom stereocenters. The van der Waals surface area contributed by atoms with Crippen molar-refractivity contribution in [3.63, 3.8) is 0 Å². The first kappa shape index (κ1) is 12.9. The van der Waals surface area contributed by atoms with Crippen LogP contribution in [0.1, 0.15) is 25.7 Å². The molecule has 0 saturated heterocycles. The van der Waals surface area contributed by atoms with Crippen molar-refractivity contribution in [2.75, 3.05) is 11.9 Å². The van der Waals surface area contributed by atoms with Crippen molar-refractivity contribution in [3.05, 3.63) is 16.5 Å². The van der Waals surface area contributed by atoms with E-state index < -0.39 is 0 Å². The number of nitrogens with one attached hydrogen (secondary N) is 1. The van der Waals surface area contributed by atoms with Crippen LogP contribution in [0.3, 0.4) is 0 Å². The second kappa shape index (κ2) is 5.85. The molecule has 1 saturated carbocycles. The van der Waals surface area contributed by atoms with Crippen molar-refractivity contribution >= 4 is 29.0 Å². The van der Waals surface area contributed by atoms with Crippen molar-refractivity contribution in [3.8, 4) is 0 Å². The number of hydrogen-bond donors (Lipinski definition) is 2. The Balaban J connectivity index is 1.90. The van der Waals surface area contributed by atoms with Crippen molar-refractivity contribution in [1.29, 1.82) is 0 Å². The third kappa shape index (κ3) is 3.69. The Morgan fingerprint density at radius 2 is 2.24 bits per heavy atom. The molecule has 1 aromatic rings. The summed E-state index contributed by atoms with van der Waals surface area (Å²) >= 11 is 11.6. The average Bonchev–Trinajstić information content (AvgIpc) is 2.30. The smallest absolute Gasteiger partial charge is 0.224 e. The van der Waals surface area contributed by atoms with Crippen LogP contribution in [0.5, 0.6) is 0 Å². The van der Waals surface area contributed by atoms with Gasteiger partial charge in [0.1, 0.15) is 10.8 Å². The number of halogens is 2. The second-order valence-corrected chi connectivity index (χ2v) is 5.15. The molecule has 2 unspecified atom stereocenters. The number of anilines is 1. The summed E-state index contributed by atoms with van der Waals surface area (Å²) in [5.74, 6) is 1.02. The first-order valence-corrected chi connectivity index (χ1v) is 6.50. The first-order chi connectivity index (χ1) is 8.15. The highest BCUT2D eigenvalue weighted by Crippen LogP contribution is 2.26. The molecule has 0 radical (unpaired) electrons. The third-order valence-corrected chi connectivity index (χ3v) is 3.49. The van der Waals surface area contributed by atoms with E-state index >= 15 is 0 Å². The van der Waals surface area contributed by atoms with Gasteiger partial charge in [0, 0.05) is 6.54 Å². The molecule has 0 aromatic carbocycles. The van der Waals surface area contributed by atoms with E-state index in [0.29, 0.717) is 16.8 Å². The molecule has 1 aromatic heterocycles. The molecular formula is C11H15Cl2N3O. The Bertz CT molecular complexity index is 389. The molecule has 0 aliphatic heterocycles. The van der Waals surface area contributed by atoms with Crippen molar-refractivity contribution in [1.82, 2.24) is 9.97 Å². The molecule has 94 valence electrons. The molecule has 0 bridgehead atoms. The summed E-state index contributed by atoms with van der Waals surface area (Å²) in [6.45, 7) is 0.754. The van der Waals surface area contributed by atoms with E-state index in [4.69, 9.17) is 23.2 Å². The van der Waals surface area contributed by atoms with Gasteiger partial charge in [-0.2, -0.15) is 4.98 Å². The quantitative estimate of drug-likeness (QED) is 0.833. The number of hydrogen-bond acceptors (Lipinski definition) is 4. The fourth-order valence-electron chi connectivity index (χ4n) is 2.16. The van der Waals surface area contributed by atoms with Crippen LogP contribution in [-0.2, 0) is 0 Å². The molecule has 2 N–H and O–H groups in total. The van der Waals surface area contributed by atoms with E-state index in [1.165, 1.54) is 6.20 Å². The minimum Gasteiger partial charge on any atom is -0.393 e. The lowest BCUT2D eigenvalue weighted by molar-refractivity contribution is 0.104. The summed E-state index contributed by atoms with van der Waals surface area (Å²) in [6, 6.07) is 0. The minimum absolute atomic E-state index is 0.167. The maximum atomic E-state index is 9.57. The number of aliphatic hydroxyl groups excluding tert-OH is 1. The van der Waals surface area contributed by atoms with Crippen LogP contribution in [0.25, 0.3) is 0 Å². The Morgan fingerprint density at radius 3 is 3.00 bits per heavy atom. The summed E-state index contributed by atoms with van der Waals surface area (Å²) < 4.78 is 0. The first-order valence-electron chi connectivity index (χ1n) is 5.75. The largest absolute Gasteiger partial charge is 0.393 e. The molecular weight excluding hydrogens is 261 g/mol. The number of rotatable bonds is 3. The SMILES string of the molecule is OC1CCCC(CNc2nc(Cl)ncc2Cl)C1. The number of aliphatic hydroxyl groups is 1. The lowest BCUT2D eigenvalue weighted by atomic mass is 9.87. The second-order valence-electron chi connectivity index (χ2n) is 4.40. The summed E-state index contributed by atoms with van der Waals surface area (Å²) in [5.41, 5.74) is 0. The van der Waals surface area contributed by atoms with Crippen LogP contribution in [0.2, 0.25) is 10.3 Å². The van der Waals surface area contributed by atoms with E-state index in [9.17, 15) is 5.11 Å². The predicted molar refractivity (Wildman–Crippen MR) is 68.5 cm³/mol. The van der Waals surface area contributed by atoms with Gasteiger partial charge < -0.3 is 10.4 Å². The van der Waals surface area contributed by atoms with Crippen molar-refractivity contribution in [2.45, 2.75) is 31.8 Å². The Hall–Kier alpha value is -0.580. The summed E-state index contributed by atoms with van der Waals surface area (Å²) in [7, 11) is 0. The summed E-state index contributed by atoms with van der Waals surface area (Å²) in [5, 5.41) is 13.4. The van der Waals surface area contributed by atoms with Gasteiger partial charge in [0.2, 0.25) is 5.28 Å². The van der Waals surface area contributed by atoms with Crippen molar-refractivity contribution < 1.29 is 5.11 Å². The topological polar surface area (TPSA) is 58.0 Å². The minimum atomic E-state index is -0.167. The van der Waals surface area contributed by atoms with Crippen LogP contribution in [0.15, 0.2) is 6.20 Å². The lowest BCUT2D eigenvalue weighted by Gasteiger charge is -2.26. The fraction of sp³-hybridized carbons (Fsp3) is 0.636. The van der Waals surface area contributed by atoms with Gasteiger partial charge in [0.25, 0.3) is 0 Å². The van der Waals surface area contributed by atoms with E-state index in [-0.39, 0.29) is 11.4 Å². The van der Waals surface area contributed by atoms with Gasteiger partial charge in [-0.15, -0.1) is 0 Å². The Labute approximate surface area is 110 Å². The van der Waals surface area contributed by atoms with Crippen LogP contribution in [0.4, 0.5) is 5.82 Å². The molecule has 17 heavy (non-hydrogen) atoms. The fourth-order valence-corrected chi connectivity index (χ4v) is 2.45. The summed E-state index contributed by atoms with van der Waals surface area (Å²) in [6.07, 6.45) is 5.27. The van der Waals surface area contributed by atoms with Gasteiger partial charge in [0.05, 0.1) is 12.3 Å². The highest BCUT2D eigenvalue weighted by molar-refractivity contribution is 6.33. The van der Waals surface area contributed by atoms with Gasteiger partial charge in [0.15, 0.2) is 0 Å². The van der Waals surface area contributed by atoms with Gasteiger partial charge in [-0.3, -0.25) is 0 Å². The molecule has 0 amide bonds. The van der Waals surface area contributed by atoms with Crippen LogP contribution in [0, 0.1) is 5.92 Å². The maximum absolute atomic E-state index is 9.57. The van der Waals surface area contributed by atoms with Gasteiger partial charge in [-0.1, -0.05) is 18.0 Å². The van der Waals surface area contributed by atoms with E-state index in [1.807, 2.05) is 0 Å². The van der Waals surface area contributed by atoms with E-state index in [1.54, 1.807) is 0 Å². The standard InChI is InChI=1S/C11H15Cl2N3O/c12-9-6-15-11(13)16-10(9)14-5-7-2-1-3-8(17)4-7/h6-8,17H,1-5H2,(H,14,15,16). The molecule has 1 aliphatic carbocycles. The predicted octanol–water partition coefficient (Wildman–Crippen LogP) is 2.75. The molecule has 6 heteroatoms. The molecule has 4 nitrogen and oxygen atoms in total. The number of nitrogens with zero attached hydrogens (tertiary/aromatic N) is 2. The Kier molecular flexibility index (Phi) is 4.42. The highest BCUT2D eigenvalue weighted by Gasteiger charge is 2.20. The van der Waals surface area contributed by atoms with Crippen molar-refractivity contribution in [2.24, 2.45) is 5.92 Å². The van der Waals surface area contributed by atoms with E-state index in [0.717, 1.165) is 32.2 Å². The van der Waals surface area contributed by atoms with Gasteiger partial charge in [-0.05, 0) is 36.8 Å². The molecule has 1 aliphatic rings. The molecule has 1 heterocycles. The van der Waals surface area contributed by atoms with Gasteiger partial charge >= 0.3 is 0 Å². The lowest BCUT2D eigenvalue weighted by Crippen LogP contribution is -2.25. The van der Waals surface area contributed by atoms with Gasteiger partial charge in [-0.25, -0.2) is 4.98 Å². The normalized spacial score (nSPS) is 24.6.